The lowest BCUT2D eigenvalue weighted by atomic mass is 10.1. The van der Waals surface area contributed by atoms with Crippen molar-refractivity contribution in [3.05, 3.63) is 35.4 Å². The van der Waals surface area contributed by atoms with Gasteiger partial charge in [0.2, 0.25) is 11.8 Å². The van der Waals surface area contributed by atoms with Crippen LogP contribution in [0.5, 0.6) is 0 Å². The first-order valence-electron chi connectivity index (χ1n) is 6.56. The number of amides is 4. The third-order valence-corrected chi connectivity index (χ3v) is 5.10. The maximum atomic E-state index is 11.6. The van der Waals surface area contributed by atoms with Gasteiger partial charge in [-0.05, 0) is 11.1 Å². The SMILES string of the molecule is O=C1CSC(=O)N1Cc1ccc(CN2C(=O)CSC2=O)cc1. The molecule has 0 saturated carbocycles. The highest BCUT2D eigenvalue weighted by Gasteiger charge is 2.30. The van der Waals surface area contributed by atoms with Gasteiger partial charge in [0.15, 0.2) is 0 Å². The minimum Gasteiger partial charge on any atom is -0.273 e. The van der Waals surface area contributed by atoms with Crippen LogP contribution in [0.4, 0.5) is 9.59 Å². The first-order valence-corrected chi connectivity index (χ1v) is 8.54. The van der Waals surface area contributed by atoms with Crippen LogP contribution in [-0.4, -0.2) is 43.6 Å². The van der Waals surface area contributed by atoms with E-state index in [9.17, 15) is 19.2 Å². The molecule has 0 spiro atoms. The quantitative estimate of drug-likeness (QED) is 0.838. The fourth-order valence-corrected chi connectivity index (χ4v) is 3.63. The Hall–Kier alpha value is -1.80. The van der Waals surface area contributed by atoms with Crippen LogP contribution < -0.4 is 0 Å². The van der Waals surface area contributed by atoms with Crippen molar-refractivity contribution in [2.75, 3.05) is 11.5 Å². The van der Waals surface area contributed by atoms with Crippen molar-refractivity contribution in [3.63, 3.8) is 0 Å². The summed E-state index contributed by atoms with van der Waals surface area (Å²) in [7, 11) is 0. The zero-order valence-corrected chi connectivity index (χ0v) is 13.1. The Morgan fingerprint density at radius 2 is 1.09 bits per heavy atom. The molecule has 2 fully saturated rings. The highest BCUT2D eigenvalue weighted by Crippen LogP contribution is 2.23. The monoisotopic (exact) mass is 336 g/mol. The van der Waals surface area contributed by atoms with E-state index in [4.69, 9.17) is 0 Å². The summed E-state index contributed by atoms with van der Waals surface area (Å²) in [6.07, 6.45) is 0. The van der Waals surface area contributed by atoms with Crippen molar-refractivity contribution in [1.29, 1.82) is 0 Å². The predicted octanol–water partition coefficient (Wildman–Crippen LogP) is 2.08. The molecule has 2 aliphatic heterocycles. The van der Waals surface area contributed by atoms with Crippen LogP contribution in [0.1, 0.15) is 11.1 Å². The molecule has 0 bridgehead atoms. The Morgan fingerprint density at radius 3 is 1.36 bits per heavy atom. The minimum atomic E-state index is -0.223. The van der Waals surface area contributed by atoms with Gasteiger partial charge in [0.25, 0.3) is 10.5 Å². The van der Waals surface area contributed by atoms with E-state index in [0.29, 0.717) is 0 Å². The van der Waals surface area contributed by atoms with Crippen molar-refractivity contribution in [2.45, 2.75) is 13.1 Å². The van der Waals surface area contributed by atoms with Crippen molar-refractivity contribution < 1.29 is 19.2 Å². The predicted molar refractivity (Wildman–Crippen MR) is 83.3 cm³/mol. The lowest BCUT2D eigenvalue weighted by Gasteiger charge is -2.15. The molecule has 6 nitrogen and oxygen atoms in total. The molecule has 0 aliphatic carbocycles. The molecule has 0 radical (unpaired) electrons. The Kier molecular flexibility index (Phi) is 4.21. The molecule has 22 heavy (non-hydrogen) atoms. The average molecular weight is 336 g/mol. The molecule has 4 amide bonds. The van der Waals surface area contributed by atoms with Crippen LogP contribution in [0.25, 0.3) is 0 Å². The van der Waals surface area contributed by atoms with Crippen LogP contribution >= 0.6 is 23.5 Å². The largest absolute Gasteiger partial charge is 0.289 e. The minimum absolute atomic E-state index is 0.177. The summed E-state index contributed by atoms with van der Waals surface area (Å²) in [5, 5.41) is -0.446. The normalized spacial score (nSPS) is 18.7. The van der Waals surface area contributed by atoms with E-state index in [1.165, 1.54) is 9.80 Å². The second-order valence-corrected chi connectivity index (χ2v) is 6.74. The van der Waals surface area contributed by atoms with Crippen molar-refractivity contribution >= 4 is 45.8 Å². The van der Waals surface area contributed by atoms with Crippen molar-refractivity contribution in [2.24, 2.45) is 0 Å². The number of benzene rings is 1. The zero-order chi connectivity index (χ0) is 15.7. The van der Waals surface area contributed by atoms with Gasteiger partial charge in [-0.25, -0.2) is 0 Å². The number of imide groups is 2. The van der Waals surface area contributed by atoms with Crippen LogP contribution in [0.15, 0.2) is 24.3 Å². The highest BCUT2D eigenvalue weighted by atomic mass is 32.2. The summed E-state index contributed by atoms with van der Waals surface area (Å²) >= 11 is 2.02. The molecule has 3 rings (SSSR count). The van der Waals surface area contributed by atoms with E-state index in [1.54, 1.807) is 24.3 Å². The summed E-state index contributed by atoms with van der Waals surface area (Å²) in [5.74, 6) is 0.0513. The van der Waals surface area contributed by atoms with Crippen LogP contribution in [0, 0.1) is 0 Å². The third kappa shape index (κ3) is 3.02. The lowest BCUT2D eigenvalue weighted by molar-refractivity contribution is -0.125. The molecule has 1 aromatic carbocycles. The Morgan fingerprint density at radius 1 is 0.727 bits per heavy atom. The molecule has 1 aromatic rings. The number of carbonyl (C=O) groups is 4. The van der Waals surface area contributed by atoms with E-state index >= 15 is 0 Å². The second-order valence-electron chi connectivity index (χ2n) is 4.89. The van der Waals surface area contributed by atoms with Gasteiger partial charge in [0.05, 0.1) is 24.6 Å². The Balaban J connectivity index is 1.65. The van der Waals surface area contributed by atoms with E-state index in [2.05, 4.69) is 0 Å². The van der Waals surface area contributed by atoms with Gasteiger partial charge in [0.1, 0.15) is 0 Å². The summed E-state index contributed by atoms with van der Waals surface area (Å²) in [4.78, 5) is 48.7. The fraction of sp³-hybridized carbons (Fsp3) is 0.286. The number of carbonyl (C=O) groups excluding carboxylic acids is 4. The van der Waals surface area contributed by atoms with Crippen LogP contribution in [0.3, 0.4) is 0 Å². The van der Waals surface area contributed by atoms with Crippen molar-refractivity contribution in [1.82, 2.24) is 9.80 Å². The summed E-state index contributed by atoms with van der Waals surface area (Å²) in [6, 6.07) is 7.21. The van der Waals surface area contributed by atoms with E-state index < -0.39 is 0 Å². The van der Waals surface area contributed by atoms with Gasteiger partial charge in [-0.15, -0.1) is 0 Å². The molecule has 114 valence electrons. The molecule has 2 saturated heterocycles. The lowest BCUT2D eigenvalue weighted by Crippen LogP contribution is -2.28. The fourth-order valence-electron chi connectivity index (χ4n) is 2.18. The maximum absolute atomic E-state index is 11.6. The summed E-state index contributed by atoms with van der Waals surface area (Å²) in [5.41, 5.74) is 1.67. The summed E-state index contributed by atoms with van der Waals surface area (Å²) < 4.78 is 0. The molecule has 0 unspecified atom stereocenters. The molecule has 2 aliphatic rings. The van der Waals surface area contributed by atoms with Gasteiger partial charge in [0, 0.05) is 0 Å². The average Bonchev–Trinajstić information content (AvgIpc) is 2.99. The number of thioether (sulfide) groups is 2. The number of hydrogen-bond donors (Lipinski definition) is 0. The second kappa shape index (κ2) is 6.13. The topological polar surface area (TPSA) is 74.8 Å². The number of rotatable bonds is 4. The molecular weight excluding hydrogens is 324 g/mol. The van der Waals surface area contributed by atoms with Crippen molar-refractivity contribution in [3.8, 4) is 0 Å². The zero-order valence-electron chi connectivity index (χ0n) is 11.5. The molecule has 2 heterocycles. The summed E-state index contributed by atoms with van der Waals surface area (Å²) in [6.45, 7) is 0.505. The maximum Gasteiger partial charge on any atom is 0.289 e. The van der Waals surface area contributed by atoms with E-state index in [1.807, 2.05) is 0 Å². The van der Waals surface area contributed by atoms with Gasteiger partial charge >= 0.3 is 0 Å². The Labute approximate surface area is 135 Å². The molecule has 0 atom stereocenters. The smallest absolute Gasteiger partial charge is 0.273 e. The van der Waals surface area contributed by atoms with Gasteiger partial charge < -0.3 is 0 Å². The van der Waals surface area contributed by atoms with Crippen LogP contribution in [0.2, 0.25) is 0 Å². The third-order valence-electron chi connectivity index (χ3n) is 3.39. The first kappa shape index (κ1) is 15.1. The number of nitrogens with zero attached hydrogens (tertiary/aromatic N) is 2. The Bertz CT molecular complexity index is 570. The van der Waals surface area contributed by atoms with Gasteiger partial charge in [-0.1, -0.05) is 47.8 Å². The van der Waals surface area contributed by atoms with Gasteiger partial charge in [-0.3, -0.25) is 29.0 Å². The molecule has 0 aromatic heterocycles. The van der Waals surface area contributed by atoms with Crippen LogP contribution in [-0.2, 0) is 22.7 Å². The van der Waals surface area contributed by atoms with E-state index in [0.717, 1.165) is 34.7 Å². The molecule has 8 heteroatoms. The first-order chi connectivity index (χ1) is 10.5. The molecular formula is C14H12N2O4S2. The number of hydrogen-bond acceptors (Lipinski definition) is 6. The molecule has 0 N–H and O–H groups in total. The van der Waals surface area contributed by atoms with E-state index in [-0.39, 0.29) is 46.9 Å². The standard InChI is InChI=1S/C14H12N2O4S2/c17-11-7-21-13(19)15(11)5-9-1-2-10(4-3-9)6-16-12(18)8-22-14(16)20/h1-4H,5-8H2. The van der Waals surface area contributed by atoms with Gasteiger partial charge in [-0.2, -0.15) is 0 Å². The highest BCUT2D eigenvalue weighted by molar-refractivity contribution is 8.15.